The van der Waals surface area contributed by atoms with E-state index in [4.69, 9.17) is 5.73 Å². The topological polar surface area (TPSA) is 104 Å². The second-order valence-corrected chi connectivity index (χ2v) is 3.12. The van der Waals surface area contributed by atoms with Crippen LogP contribution >= 0.6 is 0 Å². The predicted molar refractivity (Wildman–Crippen MR) is 51.9 cm³/mol. The third-order valence-electron chi connectivity index (χ3n) is 1.87. The average molecular weight is 212 g/mol. The number of nitrogens with zero attached hydrogens (tertiary/aromatic N) is 3. The maximum atomic E-state index is 10.4. The highest BCUT2D eigenvalue weighted by Crippen LogP contribution is 2.06. The Labute approximate surface area is 86.0 Å². The zero-order valence-electron chi connectivity index (χ0n) is 8.13. The van der Waals surface area contributed by atoms with Crippen molar-refractivity contribution in [3.8, 4) is 0 Å². The smallest absolute Gasteiger partial charge is 0.370 e. The van der Waals surface area contributed by atoms with Gasteiger partial charge in [0.25, 0.3) is 0 Å². The van der Waals surface area contributed by atoms with Gasteiger partial charge in [-0.15, -0.1) is 0 Å². The maximum absolute atomic E-state index is 10.4. The van der Waals surface area contributed by atoms with E-state index in [9.17, 15) is 14.9 Å². The Morgan fingerprint density at radius 3 is 2.87 bits per heavy atom. The standard InChI is InChI=1S/C8H12N4O3/c9-7(13)3-1-2-5-11-6-4-8(10-11)12(14)15/h4,6H,1-3,5H2,(H2,9,13). The normalized spacial score (nSPS) is 10.1. The summed E-state index contributed by atoms with van der Waals surface area (Å²) >= 11 is 0. The summed E-state index contributed by atoms with van der Waals surface area (Å²) in [6.07, 6.45) is 3.27. The minimum atomic E-state index is -0.542. The number of unbranched alkanes of at least 4 members (excludes halogenated alkanes) is 1. The molecule has 0 saturated heterocycles. The number of nitrogens with two attached hydrogens (primary N) is 1. The Bertz CT molecular complexity index is 361. The van der Waals surface area contributed by atoms with Gasteiger partial charge in [-0.05, 0) is 17.8 Å². The lowest BCUT2D eigenvalue weighted by atomic mass is 10.2. The molecule has 0 aliphatic rings. The Hall–Kier alpha value is -1.92. The van der Waals surface area contributed by atoms with Gasteiger partial charge < -0.3 is 15.8 Å². The number of carbonyl (C=O) groups is 1. The second-order valence-electron chi connectivity index (χ2n) is 3.12. The Kier molecular flexibility index (Phi) is 3.78. The van der Waals surface area contributed by atoms with Crippen LogP contribution < -0.4 is 5.73 Å². The number of carbonyl (C=O) groups excluding carboxylic acids is 1. The summed E-state index contributed by atoms with van der Waals surface area (Å²) in [5.41, 5.74) is 4.97. The first-order valence-corrected chi connectivity index (χ1v) is 4.56. The highest BCUT2D eigenvalue weighted by molar-refractivity contribution is 5.73. The zero-order chi connectivity index (χ0) is 11.3. The van der Waals surface area contributed by atoms with Crippen molar-refractivity contribution in [3.05, 3.63) is 22.4 Å². The fourth-order valence-electron chi connectivity index (χ4n) is 1.15. The fraction of sp³-hybridized carbons (Fsp3) is 0.500. The number of aromatic nitrogens is 2. The van der Waals surface area contributed by atoms with E-state index in [0.717, 1.165) is 6.42 Å². The van der Waals surface area contributed by atoms with E-state index >= 15 is 0 Å². The molecule has 2 N–H and O–H groups in total. The molecular weight excluding hydrogens is 200 g/mol. The van der Waals surface area contributed by atoms with Crippen LogP contribution in [0, 0.1) is 10.1 Å². The molecule has 0 spiro atoms. The van der Waals surface area contributed by atoms with Crippen LogP contribution in [0.2, 0.25) is 0 Å². The molecule has 0 fully saturated rings. The van der Waals surface area contributed by atoms with Crippen LogP contribution in [0.25, 0.3) is 0 Å². The first kappa shape index (κ1) is 11.2. The van der Waals surface area contributed by atoms with Crippen LogP contribution in [-0.4, -0.2) is 20.6 Å². The summed E-state index contributed by atoms with van der Waals surface area (Å²) in [5, 5.41) is 14.0. The SMILES string of the molecule is NC(=O)CCCCn1ccc([N+](=O)[O-])n1. The van der Waals surface area contributed by atoms with Gasteiger partial charge in [-0.3, -0.25) is 4.79 Å². The third-order valence-corrected chi connectivity index (χ3v) is 1.87. The van der Waals surface area contributed by atoms with Gasteiger partial charge in [-0.1, -0.05) is 0 Å². The molecule has 1 heterocycles. The molecular formula is C8H12N4O3. The second kappa shape index (κ2) is 5.08. The first-order valence-electron chi connectivity index (χ1n) is 4.56. The summed E-state index contributed by atoms with van der Waals surface area (Å²) in [4.78, 5) is 20.2. The number of hydrogen-bond donors (Lipinski definition) is 1. The average Bonchev–Trinajstić information content (AvgIpc) is 2.60. The van der Waals surface area contributed by atoms with E-state index in [-0.39, 0.29) is 11.7 Å². The Morgan fingerprint density at radius 2 is 2.33 bits per heavy atom. The highest BCUT2D eigenvalue weighted by Gasteiger charge is 2.09. The van der Waals surface area contributed by atoms with Gasteiger partial charge in [0.15, 0.2) is 0 Å². The lowest BCUT2D eigenvalue weighted by molar-refractivity contribution is -0.389. The van der Waals surface area contributed by atoms with Crippen LogP contribution in [0.3, 0.4) is 0 Å². The molecule has 1 amide bonds. The molecule has 0 atom stereocenters. The summed E-state index contributed by atoms with van der Waals surface area (Å²) in [5.74, 6) is -0.494. The predicted octanol–water partition coefficient (Wildman–Crippen LogP) is 0.447. The first-order chi connectivity index (χ1) is 7.09. The third kappa shape index (κ3) is 3.75. The monoisotopic (exact) mass is 212 g/mol. The van der Waals surface area contributed by atoms with Gasteiger partial charge in [0.1, 0.15) is 0 Å². The van der Waals surface area contributed by atoms with E-state index in [0.29, 0.717) is 19.4 Å². The summed E-state index contributed by atoms with van der Waals surface area (Å²) in [6.45, 7) is 0.557. The molecule has 7 nitrogen and oxygen atoms in total. The molecule has 7 heteroatoms. The molecule has 0 bridgehead atoms. The van der Waals surface area contributed by atoms with Gasteiger partial charge >= 0.3 is 5.82 Å². The van der Waals surface area contributed by atoms with Crippen LogP contribution in [0.1, 0.15) is 19.3 Å². The molecule has 1 aromatic heterocycles. The molecule has 1 rings (SSSR count). The molecule has 0 unspecified atom stereocenters. The van der Waals surface area contributed by atoms with Crippen molar-refractivity contribution in [1.29, 1.82) is 0 Å². The maximum Gasteiger partial charge on any atom is 0.389 e. The van der Waals surface area contributed by atoms with Crippen LogP contribution in [0.5, 0.6) is 0 Å². The number of amides is 1. The van der Waals surface area contributed by atoms with E-state index in [2.05, 4.69) is 5.10 Å². The molecule has 0 radical (unpaired) electrons. The Balaban J connectivity index is 2.31. The lowest BCUT2D eigenvalue weighted by Gasteiger charge is -1.95. The molecule has 0 aliphatic carbocycles. The van der Waals surface area contributed by atoms with Crippen molar-refractivity contribution in [2.24, 2.45) is 5.73 Å². The number of nitro groups is 1. The summed E-state index contributed by atoms with van der Waals surface area (Å²) in [6, 6.07) is 1.34. The summed E-state index contributed by atoms with van der Waals surface area (Å²) in [7, 11) is 0. The largest absolute Gasteiger partial charge is 0.389 e. The van der Waals surface area contributed by atoms with Gasteiger partial charge in [0.05, 0.1) is 23.9 Å². The molecule has 1 aromatic rings. The molecule has 0 aromatic carbocycles. The van der Waals surface area contributed by atoms with Crippen LogP contribution in [0.15, 0.2) is 12.3 Å². The number of primary amides is 1. The van der Waals surface area contributed by atoms with E-state index < -0.39 is 4.92 Å². The van der Waals surface area contributed by atoms with Gasteiger partial charge in [-0.2, -0.15) is 4.68 Å². The van der Waals surface area contributed by atoms with Crippen molar-refractivity contribution in [1.82, 2.24) is 9.78 Å². The van der Waals surface area contributed by atoms with E-state index in [1.165, 1.54) is 10.7 Å². The van der Waals surface area contributed by atoms with Crippen molar-refractivity contribution in [2.45, 2.75) is 25.8 Å². The molecule has 0 saturated carbocycles. The minimum absolute atomic E-state index is 0.162. The fourth-order valence-corrected chi connectivity index (χ4v) is 1.15. The van der Waals surface area contributed by atoms with Crippen molar-refractivity contribution in [2.75, 3.05) is 0 Å². The molecule has 82 valence electrons. The quantitative estimate of drug-likeness (QED) is 0.419. The zero-order valence-corrected chi connectivity index (χ0v) is 8.13. The van der Waals surface area contributed by atoms with Crippen LogP contribution in [0.4, 0.5) is 5.82 Å². The minimum Gasteiger partial charge on any atom is -0.370 e. The number of hydrogen-bond acceptors (Lipinski definition) is 4. The van der Waals surface area contributed by atoms with Crippen molar-refractivity contribution in [3.63, 3.8) is 0 Å². The van der Waals surface area contributed by atoms with E-state index in [1.54, 1.807) is 6.20 Å². The molecule has 15 heavy (non-hydrogen) atoms. The number of aryl methyl sites for hydroxylation is 1. The highest BCUT2D eigenvalue weighted by atomic mass is 16.6. The lowest BCUT2D eigenvalue weighted by Crippen LogP contribution is -2.10. The molecule has 0 aliphatic heterocycles. The van der Waals surface area contributed by atoms with E-state index in [1.807, 2.05) is 0 Å². The van der Waals surface area contributed by atoms with Crippen molar-refractivity contribution < 1.29 is 9.72 Å². The van der Waals surface area contributed by atoms with Gasteiger partial charge in [-0.25, -0.2) is 0 Å². The van der Waals surface area contributed by atoms with Crippen LogP contribution in [-0.2, 0) is 11.3 Å². The number of rotatable bonds is 6. The van der Waals surface area contributed by atoms with Crippen molar-refractivity contribution >= 4 is 11.7 Å². The van der Waals surface area contributed by atoms with Gasteiger partial charge in [0, 0.05) is 6.42 Å². The Morgan fingerprint density at radius 1 is 1.60 bits per heavy atom. The van der Waals surface area contributed by atoms with Gasteiger partial charge in [0.2, 0.25) is 5.91 Å². The summed E-state index contributed by atoms with van der Waals surface area (Å²) < 4.78 is 1.49.